The molecular weight excluding hydrogens is 252 g/mol. The van der Waals surface area contributed by atoms with Crippen molar-refractivity contribution in [3.05, 3.63) is 40.5 Å². The molecule has 0 fully saturated rings. The summed E-state index contributed by atoms with van der Waals surface area (Å²) >= 11 is 0. The van der Waals surface area contributed by atoms with Gasteiger partial charge in [-0.1, -0.05) is 0 Å². The van der Waals surface area contributed by atoms with Crippen molar-refractivity contribution >= 4 is 5.91 Å². The van der Waals surface area contributed by atoms with Gasteiger partial charge in [0.15, 0.2) is 0 Å². The summed E-state index contributed by atoms with van der Waals surface area (Å²) < 4.78 is 1.95. The van der Waals surface area contributed by atoms with Crippen LogP contribution in [-0.2, 0) is 13.5 Å². The van der Waals surface area contributed by atoms with E-state index in [0.29, 0.717) is 6.54 Å². The molecule has 5 heteroatoms. The molecule has 0 aromatic carbocycles. The van der Waals surface area contributed by atoms with Crippen LogP contribution in [-0.4, -0.2) is 27.2 Å². The van der Waals surface area contributed by atoms with Crippen molar-refractivity contribution in [3.8, 4) is 0 Å². The second-order valence-electron chi connectivity index (χ2n) is 5.20. The van der Waals surface area contributed by atoms with Crippen molar-refractivity contribution in [3.63, 3.8) is 0 Å². The summed E-state index contributed by atoms with van der Waals surface area (Å²) in [5.74, 6) is 0.00346. The van der Waals surface area contributed by atoms with Gasteiger partial charge in [-0.25, -0.2) is 0 Å². The first-order chi connectivity index (χ1) is 9.50. The minimum absolute atomic E-state index is 0.00346. The van der Waals surface area contributed by atoms with E-state index in [9.17, 15) is 4.79 Å². The lowest BCUT2D eigenvalue weighted by Gasteiger charge is -2.06. The van der Waals surface area contributed by atoms with Gasteiger partial charge in [-0.15, -0.1) is 0 Å². The molecule has 5 nitrogen and oxygen atoms in total. The van der Waals surface area contributed by atoms with Gasteiger partial charge in [-0.05, 0) is 45.2 Å². The highest BCUT2D eigenvalue weighted by Crippen LogP contribution is 2.11. The molecule has 0 radical (unpaired) electrons. The van der Waals surface area contributed by atoms with Gasteiger partial charge in [-0.3, -0.25) is 9.89 Å². The Kier molecular flexibility index (Phi) is 4.27. The van der Waals surface area contributed by atoms with Crippen molar-refractivity contribution in [2.24, 2.45) is 7.05 Å². The second-order valence-corrected chi connectivity index (χ2v) is 5.20. The molecular formula is C15H22N4O. The van der Waals surface area contributed by atoms with E-state index in [2.05, 4.69) is 15.5 Å². The number of rotatable bonds is 5. The molecule has 108 valence electrons. The maximum atomic E-state index is 12.0. The van der Waals surface area contributed by atoms with Gasteiger partial charge < -0.3 is 9.88 Å². The minimum atomic E-state index is 0.00346. The third kappa shape index (κ3) is 2.92. The number of aromatic amines is 1. The Balaban J connectivity index is 1.82. The fourth-order valence-electron chi connectivity index (χ4n) is 2.35. The summed E-state index contributed by atoms with van der Waals surface area (Å²) in [6.07, 6.45) is 3.75. The third-order valence-corrected chi connectivity index (χ3v) is 3.80. The quantitative estimate of drug-likeness (QED) is 0.820. The first kappa shape index (κ1) is 14.4. The molecule has 0 aliphatic rings. The van der Waals surface area contributed by atoms with Gasteiger partial charge in [0.25, 0.3) is 5.91 Å². The largest absolute Gasteiger partial charge is 0.354 e. The van der Waals surface area contributed by atoms with Crippen molar-refractivity contribution in [1.29, 1.82) is 0 Å². The number of carbonyl (C=O) groups is 1. The summed E-state index contributed by atoms with van der Waals surface area (Å²) in [7, 11) is 1.94. The maximum absolute atomic E-state index is 12.0. The average Bonchev–Trinajstić information content (AvgIpc) is 2.91. The fourth-order valence-corrected chi connectivity index (χ4v) is 2.35. The Hall–Kier alpha value is -2.04. The zero-order chi connectivity index (χ0) is 14.7. The van der Waals surface area contributed by atoms with E-state index in [4.69, 9.17) is 0 Å². The van der Waals surface area contributed by atoms with E-state index in [0.717, 1.165) is 35.5 Å². The van der Waals surface area contributed by atoms with Crippen LogP contribution in [0.4, 0.5) is 0 Å². The number of amides is 1. The van der Waals surface area contributed by atoms with Crippen molar-refractivity contribution < 1.29 is 4.79 Å². The summed E-state index contributed by atoms with van der Waals surface area (Å²) in [4.78, 5) is 12.0. The van der Waals surface area contributed by atoms with E-state index < -0.39 is 0 Å². The van der Waals surface area contributed by atoms with E-state index >= 15 is 0 Å². The van der Waals surface area contributed by atoms with Crippen LogP contribution in [0.1, 0.15) is 39.4 Å². The van der Waals surface area contributed by atoms with Crippen LogP contribution in [0.25, 0.3) is 0 Å². The molecule has 1 amide bonds. The lowest BCUT2D eigenvalue weighted by Crippen LogP contribution is -2.25. The molecule has 2 heterocycles. The van der Waals surface area contributed by atoms with Gasteiger partial charge >= 0.3 is 0 Å². The highest BCUT2D eigenvalue weighted by atomic mass is 16.1. The molecule has 0 saturated heterocycles. The minimum Gasteiger partial charge on any atom is -0.354 e. The Morgan fingerprint density at radius 1 is 1.40 bits per heavy atom. The molecule has 0 atom stereocenters. The van der Waals surface area contributed by atoms with Gasteiger partial charge in [-0.2, -0.15) is 5.10 Å². The summed E-state index contributed by atoms with van der Waals surface area (Å²) in [5.41, 5.74) is 5.17. The smallest absolute Gasteiger partial charge is 0.253 e. The van der Waals surface area contributed by atoms with E-state index in [1.807, 2.05) is 44.6 Å². The first-order valence-electron chi connectivity index (χ1n) is 6.91. The van der Waals surface area contributed by atoms with Crippen molar-refractivity contribution in [2.75, 3.05) is 6.54 Å². The number of nitrogens with zero attached hydrogens (tertiary/aromatic N) is 2. The van der Waals surface area contributed by atoms with Crippen LogP contribution in [0.5, 0.6) is 0 Å². The molecule has 2 aromatic rings. The Morgan fingerprint density at radius 2 is 2.15 bits per heavy atom. The number of H-pyrrole nitrogens is 1. The molecule has 0 aliphatic carbocycles. The number of aromatic nitrogens is 3. The van der Waals surface area contributed by atoms with Crippen LogP contribution < -0.4 is 5.32 Å². The monoisotopic (exact) mass is 274 g/mol. The zero-order valence-corrected chi connectivity index (χ0v) is 12.6. The van der Waals surface area contributed by atoms with E-state index in [1.165, 1.54) is 5.56 Å². The van der Waals surface area contributed by atoms with Crippen molar-refractivity contribution in [1.82, 2.24) is 20.1 Å². The third-order valence-electron chi connectivity index (χ3n) is 3.80. The van der Waals surface area contributed by atoms with Gasteiger partial charge in [0.05, 0.1) is 11.3 Å². The topological polar surface area (TPSA) is 62.7 Å². The van der Waals surface area contributed by atoms with Gasteiger partial charge in [0, 0.05) is 31.2 Å². The fraction of sp³-hybridized carbons (Fsp3) is 0.467. The molecule has 0 bridgehead atoms. The zero-order valence-electron chi connectivity index (χ0n) is 12.6. The van der Waals surface area contributed by atoms with Crippen LogP contribution in [0, 0.1) is 20.8 Å². The Bertz CT molecular complexity index is 590. The summed E-state index contributed by atoms with van der Waals surface area (Å²) in [6.45, 7) is 6.66. The van der Waals surface area contributed by atoms with E-state index in [-0.39, 0.29) is 5.91 Å². The van der Waals surface area contributed by atoms with Crippen molar-refractivity contribution in [2.45, 2.75) is 33.6 Å². The highest BCUT2D eigenvalue weighted by molar-refractivity contribution is 5.95. The second kappa shape index (κ2) is 5.94. The molecule has 0 saturated carbocycles. The normalized spacial score (nSPS) is 10.8. The molecule has 20 heavy (non-hydrogen) atoms. The number of hydrogen-bond donors (Lipinski definition) is 2. The SMILES string of the molecule is Cc1n[nH]c(C)c1CCCNC(=O)c1ccn(C)c1C. The molecule has 2 rings (SSSR count). The van der Waals surface area contributed by atoms with Crippen LogP contribution >= 0.6 is 0 Å². The number of carbonyl (C=O) groups excluding carboxylic acids is 1. The lowest BCUT2D eigenvalue weighted by atomic mass is 10.1. The van der Waals surface area contributed by atoms with E-state index in [1.54, 1.807) is 0 Å². The van der Waals surface area contributed by atoms with Crippen LogP contribution in [0.3, 0.4) is 0 Å². The van der Waals surface area contributed by atoms with Crippen LogP contribution in [0.15, 0.2) is 12.3 Å². The summed E-state index contributed by atoms with van der Waals surface area (Å²) in [6, 6.07) is 1.86. The highest BCUT2D eigenvalue weighted by Gasteiger charge is 2.11. The van der Waals surface area contributed by atoms with Gasteiger partial charge in [0.2, 0.25) is 0 Å². The maximum Gasteiger partial charge on any atom is 0.253 e. The molecule has 0 unspecified atom stereocenters. The standard InChI is InChI=1S/C15H22N4O/c1-10-13(11(2)18-17-10)6-5-8-16-15(20)14-7-9-19(4)12(14)3/h7,9H,5-6,8H2,1-4H3,(H,16,20)(H,17,18). The molecule has 0 aliphatic heterocycles. The summed E-state index contributed by atoms with van der Waals surface area (Å²) in [5, 5.41) is 10.1. The van der Waals surface area contributed by atoms with Crippen LogP contribution in [0.2, 0.25) is 0 Å². The Morgan fingerprint density at radius 3 is 2.70 bits per heavy atom. The first-order valence-corrected chi connectivity index (χ1v) is 6.91. The molecule has 2 aromatic heterocycles. The van der Waals surface area contributed by atoms with Gasteiger partial charge in [0.1, 0.15) is 0 Å². The lowest BCUT2D eigenvalue weighted by molar-refractivity contribution is 0.0952. The molecule has 2 N–H and O–H groups in total. The number of aryl methyl sites for hydroxylation is 3. The predicted molar refractivity (Wildman–Crippen MR) is 78.9 cm³/mol. The Labute approximate surface area is 119 Å². The average molecular weight is 274 g/mol. The molecule has 0 spiro atoms. The number of nitrogens with one attached hydrogen (secondary N) is 2. The predicted octanol–water partition coefficient (Wildman–Crippen LogP) is 2.04. The number of hydrogen-bond acceptors (Lipinski definition) is 2.